The Kier molecular flexibility index (Phi) is 5.90. The highest BCUT2D eigenvalue weighted by Gasteiger charge is 2.32. The number of aliphatic imine (C=N–C) groups is 2. The predicted octanol–water partition coefficient (Wildman–Crippen LogP) is 3.08. The van der Waals surface area contributed by atoms with Crippen LogP contribution in [0.3, 0.4) is 0 Å². The van der Waals surface area contributed by atoms with Gasteiger partial charge in [0.25, 0.3) is 0 Å². The normalized spacial score (nSPS) is 19.4. The lowest BCUT2D eigenvalue weighted by Gasteiger charge is -2.41. The van der Waals surface area contributed by atoms with Crippen LogP contribution in [0.25, 0.3) is 0 Å². The highest BCUT2D eigenvalue weighted by Crippen LogP contribution is 2.26. The predicted molar refractivity (Wildman–Crippen MR) is 123 cm³/mol. The molecule has 0 bridgehead atoms. The second-order valence-electron chi connectivity index (χ2n) is 7.71. The van der Waals surface area contributed by atoms with Crippen LogP contribution in [0.5, 0.6) is 0 Å². The third-order valence-corrected chi connectivity index (χ3v) is 5.62. The summed E-state index contributed by atoms with van der Waals surface area (Å²) in [6, 6.07) is 14.9. The van der Waals surface area contributed by atoms with Gasteiger partial charge < -0.3 is 20.7 Å². The first-order valence-corrected chi connectivity index (χ1v) is 10.5. The van der Waals surface area contributed by atoms with E-state index in [0.717, 1.165) is 36.8 Å². The van der Waals surface area contributed by atoms with E-state index in [1.165, 1.54) is 16.7 Å². The number of nitrogens with two attached hydrogens (primary N) is 1. The minimum absolute atomic E-state index is 0.278. The zero-order valence-corrected chi connectivity index (χ0v) is 17.9. The van der Waals surface area contributed by atoms with Gasteiger partial charge >= 0.3 is 0 Å². The summed E-state index contributed by atoms with van der Waals surface area (Å²) in [5, 5.41) is 3.55. The van der Waals surface area contributed by atoms with Crippen LogP contribution in [-0.4, -0.2) is 49.4 Å². The Morgan fingerprint density at radius 3 is 2.63 bits per heavy atom. The maximum atomic E-state index is 6.16. The largest absolute Gasteiger partial charge is 0.378 e. The number of morpholine rings is 1. The van der Waals surface area contributed by atoms with Crippen molar-refractivity contribution in [3.63, 3.8) is 0 Å². The molecule has 7 nitrogen and oxygen atoms in total. The third-order valence-electron chi connectivity index (χ3n) is 5.62. The zero-order chi connectivity index (χ0) is 21.1. The highest BCUT2D eigenvalue weighted by atomic mass is 16.5. The summed E-state index contributed by atoms with van der Waals surface area (Å²) >= 11 is 0. The van der Waals surface area contributed by atoms with Gasteiger partial charge in [-0.3, -0.25) is 4.90 Å². The fraction of sp³-hybridized carbons (Fsp3) is 0.391. The highest BCUT2D eigenvalue weighted by molar-refractivity contribution is 6.06. The zero-order valence-electron chi connectivity index (χ0n) is 17.9. The van der Waals surface area contributed by atoms with E-state index in [-0.39, 0.29) is 5.96 Å². The Labute approximate surface area is 178 Å². The van der Waals surface area contributed by atoms with Gasteiger partial charge in [0.15, 0.2) is 0 Å². The number of nitrogens with zero attached hydrogens (tertiary/aromatic N) is 4. The summed E-state index contributed by atoms with van der Waals surface area (Å²) in [5.41, 5.74) is 12.0. The summed E-state index contributed by atoms with van der Waals surface area (Å²) in [6.45, 7) is 9.28. The van der Waals surface area contributed by atoms with Gasteiger partial charge in [0.05, 0.1) is 13.2 Å². The molecule has 3 N–H and O–H groups in total. The van der Waals surface area contributed by atoms with Crippen LogP contribution in [0, 0.1) is 13.8 Å². The molecule has 4 rings (SSSR count). The molecule has 2 aromatic carbocycles. The number of guanidine groups is 2. The molecular weight excluding hydrogens is 376 g/mol. The molecule has 1 unspecified atom stereocenters. The van der Waals surface area contributed by atoms with E-state index >= 15 is 0 Å². The third kappa shape index (κ3) is 4.26. The van der Waals surface area contributed by atoms with Gasteiger partial charge in [-0.05, 0) is 61.2 Å². The van der Waals surface area contributed by atoms with Crippen LogP contribution >= 0.6 is 0 Å². The van der Waals surface area contributed by atoms with E-state index in [2.05, 4.69) is 88.3 Å². The number of anilines is 2. The molecule has 1 atom stereocenters. The van der Waals surface area contributed by atoms with Crippen molar-refractivity contribution in [3.8, 4) is 0 Å². The summed E-state index contributed by atoms with van der Waals surface area (Å²) < 4.78 is 5.55. The summed E-state index contributed by atoms with van der Waals surface area (Å²) in [7, 11) is 0. The van der Waals surface area contributed by atoms with Gasteiger partial charge in [-0.25, -0.2) is 4.99 Å². The van der Waals surface area contributed by atoms with Crippen molar-refractivity contribution in [2.45, 2.75) is 33.5 Å². The number of hydrogen-bond acceptors (Lipinski definition) is 7. The summed E-state index contributed by atoms with van der Waals surface area (Å²) in [6.07, 6.45) is 0.571. The Morgan fingerprint density at radius 2 is 1.90 bits per heavy atom. The lowest BCUT2D eigenvalue weighted by molar-refractivity contribution is 0.0671. The van der Waals surface area contributed by atoms with Crippen LogP contribution in [0.15, 0.2) is 52.4 Å². The van der Waals surface area contributed by atoms with Crippen LogP contribution in [-0.2, 0) is 11.2 Å². The topological polar surface area (TPSA) is 78.5 Å². The lowest BCUT2D eigenvalue weighted by Crippen LogP contribution is -2.57. The van der Waals surface area contributed by atoms with E-state index in [1.807, 2.05) is 0 Å². The molecular formula is C23H30N6O. The summed E-state index contributed by atoms with van der Waals surface area (Å²) in [4.78, 5) is 13.7. The smallest absolute Gasteiger partial charge is 0.222 e. The number of ether oxygens (including phenoxy) is 1. The maximum absolute atomic E-state index is 6.16. The van der Waals surface area contributed by atoms with Crippen molar-refractivity contribution in [1.82, 2.24) is 4.90 Å². The molecule has 7 heteroatoms. The molecule has 1 saturated heterocycles. The van der Waals surface area contributed by atoms with Gasteiger partial charge in [-0.1, -0.05) is 25.1 Å². The van der Waals surface area contributed by atoms with Gasteiger partial charge in [0.1, 0.15) is 0 Å². The number of hydrogen-bond donors (Lipinski definition) is 2. The van der Waals surface area contributed by atoms with Gasteiger partial charge in [-0.2, -0.15) is 4.99 Å². The average molecular weight is 407 g/mol. The van der Waals surface area contributed by atoms with Crippen molar-refractivity contribution >= 4 is 23.3 Å². The molecule has 158 valence electrons. The van der Waals surface area contributed by atoms with Crippen molar-refractivity contribution < 1.29 is 4.74 Å². The van der Waals surface area contributed by atoms with Crippen molar-refractivity contribution in [2.75, 3.05) is 36.5 Å². The average Bonchev–Trinajstić information content (AvgIpc) is 2.76. The minimum Gasteiger partial charge on any atom is -0.378 e. The Bertz CT molecular complexity index is 964. The van der Waals surface area contributed by atoms with Crippen LogP contribution in [0.4, 0.5) is 11.4 Å². The monoisotopic (exact) mass is 406 g/mol. The van der Waals surface area contributed by atoms with Crippen molar-refractivity contribution in [2.24, 2.45) is 15.7 Å². The van der Waals surface area contributed by atoms with Crippen LogP contribution in [0.2, 0.25) is 0 Å². The standard InChI is InChI=1S/C23H30N6O/c1-4-18-6-5-7-20(15-18)29-22(25-19-9-8-16(2)17(3)14-19)26-21(24)27-23(29)28-10-12-30-13-11-28/h5-9,14-15,22,25H,4,10-13H2,1-3H3,(H2,24,26). The van der Waals surface area contributed by atoms with E-state index in [4.69, 9.17) is 10.5 Å². The van der Waals surface area contributed by atoms with Crippen molar-refractivity contribution in [3.05, 3.63) is 59.2 Å². The van der Waals surface area contributed by atoms with E-state index in [1.54, 1.807) is 0 Å². The van der Waals surface area contributed by atoms with E-state index in [0.29, 0.717) is 13.2 Å². The van der Waals surface area contributed by atoms with Crippen LogP contribution < -0.4 is 16.0 Å². The first-order valence-electron chi connectivity index (χ1n) is 10.5. The molecule has 2 heterocycles. The number of rotatable bonds is 4. The number of aryl methyl sites for hydroxylation is 3. The van der Waals surface area contributed by atoms with Gasteiger partial charge in [0.2, 0.25) is 18.2 Å². The molecule has 2 aliphatic heterocycles. The fourth-order valence-corrected chi connectivity index (χ4v) is 3.72. The summed E-state index contributed by atoms with van der Waals surface area (Å²) in [5.74, 6) is 1.08. The molecule has 0 radical (unpaired) electrons. The second-order valence-corrected chi connectivity index (χ2v) is 7.71. The minimum atomic E-state index is -0.394. The number of benzene rings is 2. The molecule has 0 saturated carbocycles. The maximum Gasteiger partial charge on any atom is 0.222 e. The molecule has 0 amide bonds. The molecule has 0 spiro atoms. The second kappa shape index (κ2) is 8.75. The first-order chi connectivity index (χ1) is 14.5. The fourth-order valence-electron chi connectivity index (χ4n) is 3.72. The van der Waals surface area contributed by atoms with Crippen molar-refractivity contribution in [1.29, 1.82) is 0 Å². The molecule has 2 aliphatic rings. The quantitative estimate of drug-likeness (QED) is 0.816. The van der Waals surface area contributed by atoms with Gasteiger partial charge in [-0.15, -0.1) is 0 Å². The van der Waals surface area contributed by atoms with Crippen LogP contribution in [0.1, 0.15) is 23.6 Å². The first kappa shape index (κ1) is 20.2. The molecule has 1 fully saturated rings. The Hall–Kier alpha value is -3.06. The van der Waals surface area contributed by atoms with Gasteiger partial charge in [0, 0.05) is 24.5 Å². The van der Waals surface area contributed by atoms with E-state index < -0.39 is 6.29 Å². The number of nitrogens with one attached hydrogen (secondary N) is 1. The molecule has 0 aromatic heterocycles. The molecule has 0 aliphatic carbocycles. The Morgan fingerprint density at radius 1 is 1.10 bits per heavy atom. The Balaban J connectivity index is 1.73. The molecule has 2 aromatic rings. The lowest BCUT2D eigenvalue weighted by atomic mass is 10.1. The SMILES string of the molecule is CCc1cccc(N2C(N3CCOCC3)=NC(N)=NC2Nc2ccc(C)c(C)c2)c1. The van der Waals surface area contributed by atoms with E-state index in [9.17, 15) is 0 Å². The molecule has 30 heavy (non-hydrogen) atoms.